The number of benzene rings is 2. The number of nitrogens with one attached hydrogen (secondary N) is 1. The molecule has 0 aliphatic heterocycles. The van der Waals surface area contributed by atoms with Gasteiger partial charge in [-0.3, -0.25) is 4.55 Å². The van der Waals surface area contributed by atoms with Gasteiger partial charge in [0, 0.05) is 36.9 Å². The predicted molar refractivity (Wildman–Crippen MR) is 134 cm³/mol. The Labute approximate surface area is 204 Å². The molecule has 0 spiro atoms. The number of fused-ring (bicyclic) bond motifs is 1. The molecule has 35 heavy (non-hydrogen) atoms. The number of anilines is 3. The third-order valence-corrected chi connectivity index (χ3v) is 4.17. The number of hydrogen-bond acceptors (Lipinski definition) is 10. The number of nitrogens with two attached hydrogens (primary N) is 1. The zero-order chi connectivity index (χ0) is 25.8. The van der Waals surface area contributed by atoms with Crippen molar-refractivity contribution < 1.29 is 31.9 Å². The fraction of sp³-hybridized carbons (Fsp3) is 0.304. The number of aromatic nitrogens is 2. The van der Waals surface area contributed by atoms with E-state index in [0.29, 0.717) is 66.9 Å². The van der Waals surface area contributed by atoms with Crippen LogP contribution >= 0.6 is 0 Å². The summed E-state index contributed by atoms with van der Waals surface area (Å²) >= 11 is 0. The molecule has 2 aromatic carbocycles. The van der Waals surface area contributed by atoms with Crippen LogP contribution < -0.4 is 20.5 Å². The van der Waals surface area contributed by atoms with Gasteiger partial charge in [-0.1, -0.05) is 12.0 Å². The van der Waals surface area contributed by atoms with E-state index >= 15 is 0 Å². The van der Waals surface area contributed by atoms with Crippen LogP contribution in [0, 0.1) is 12.3 Å². The molecular formula is C23H28N4O7S. The van der Waals surface area contributed by atoms with Crippen LogP contribution in [0.25, 0.3) is 10.9 Å². The lowest BCUT2D eigenvalue weighted by atomic mass is 10.2. The summed E-state index contributed by atoms with van der Waals surface area (Å²) in [5.41, 5.74) is 8.33. The Kier molecular flexibility index (Phi) is 10.5. The third kappa shape index (κ3) is 9.63. The first-order valence-electron chi connectivity index (χ1n) is 10.3. The summed E-state index contributed by atoms with van der Waals surface area (Å²) in [4.78, 5) is 8.93. The average Bonchev–Trinajstić information content (AvgIpc) is 2.79. The quantitative estimate of drug-likeness (QED) is 0.212. The smallest absolute Gasteiger partial charge is 0.261 e. The van der Waals surface area contributed by atoms with E-state index in [4.69, 9.17) is 35.7 Å². The standard InChI is InChI=1S/C22H24N4O4.CH4O3S/c1-4-15-6-5-7-16(12-15)24-22-25-18-14-20(30-11-9-28-3)19(29-10-8-27-2)13-17(18)21(23)26-22;1-5(2,3)4/h1,5-7,12-14H,8-11H2,2-3H3,(H3,23,24,25,26);1H3,(H,2,3,4). The van der Waals surface area contributed by atoms with Gasteiger partial charge in [-0.2, -0.15) is 13.4 Å². The van der Waals surface area contributed by atoms with Crippen LogP contribution in [0.15, 0.2) is 36.4 Å². The summed E-state index contributed by atoms with van der Waals surface area (Å²) < 4.78 is 47.6. The summed E-state index contributed by atoms with van der Waals surface area (Å²) in [5, 5.41) is 3.79. The highest BCUT2D eigenvalue weighted by Crippen LogP contribution is 2.34. The number of rotatable bonds is 10. The Balaban J connectivity index is 0.000000784. The molecule has 11 nitrogen and oxygen atoms in total. The Hall–Kier alpha value is -3.63. The second-order valence-electron chi connectivity index (χ2n) is 7.01. The fourth-order valence-corrected chi connectivity index (χ4v) is 2.73. The van der Waals surface area contributed by atoms with Gasteiger partial charge >= 0.3 is 0 Å². The summed E-state index contributed by atoms with van der Waals surface area (Å²) in [6.07, 6.45) is 6.18. The van der Waals surface area contributed by atoms with Crippen molar-refractivity contribution in [3.8, 4) is 23.8 Å². The Bertz CT molecular complexity index is 1270. The van der Waals surface area contributed by atoms with Crippen LogP contribution in [-0.4, -0.2) is 69.8 Å². The molecule has 3 rings (SSSR count). The number of terminal acetylenes is 1. The van der Waals surface area contributed by atoms with E-state index in [9.17, 15) is 8.42 Å². The van der Waals surface area contributed by atoms with E-state index in [1.807, 2.05) is 24.3 Å². The highest BCUT2D eigenvalue weighted by molar-refractivity contribution is 7.85. The van der Waals surface area contributed by atoms with Gasteiger partial charge in [0.1, 0.15) is 19.0 Å². The Morgan fingerprint density at radius 2 is 1.63 bits per heavy atom. The van der Waals surface area contributed by atoms with Crippen LogP contribution in [0.5, 0.6) is 11.5 Å². The first kappa shape index (κ1) is 27.6. The van der Waals surface area contributed by atoms with Gasteiger partial charge in [-0.25, -0.2) is 4.98 Å². The van der Waals surface area contributed by atoms with Crippen molar-refractivity contribution in [1.82, 2.24) is 9.97 Å². The molecule has 0 saturated carbocycles. The van der Waals surface area contributed by atoms with Crippen molar-refractivity contribution in [3.63, 3.8) is 0 Å². The van der Waals surface area contributed by atoms with Gasteiger partial charge in [0.2, 0.25) is 5.95 Å². The Morgan fingerprint density at radius 3 is 2.20 bits per heavy atom. The number of methoxy groups -OCH3 is 2. The minimum absolute atomic E-state index is 0.315. The highest BCUT2D eigenvalue weighted by atomic mass is 32.2. The van der Waals surface area contributed by atoms with E-state index in [2.05, 4.69) is 21.2 Å². The maximum atomic E-state index is 9.19. The van der Waals surface area contributed by atoms with E-state index < -0.39 is 10.1 Å². The summed E-state index contributed by atoms with van der Waals surface area (Å²) in [6, 6.07) is 10.9. The normalized spacial score (nSPS) is 10.7. The summed E-state index contributed by atoms with van der Waals surface area (Å²) in [5.74, 6) is 4.34. The van der Waals surface area contributed by atoms with Gasteiger partial charge in [0.05, 0.1) is 25.0 Å². The number of ether oxygens (including phenoxy) is 4. The molecule has 4 N–H and O–H groups in total. The molecule has 0 bridgehead atoms. The average molecular weight is 505 g/mol. The predicted octanol–water partition coefficient (Wildman–Crippen LogP) is 2.49. The lowest BCUT2D eigenvalue weighted by Crippen LogP contribution is -2.09. The lowest BCUT2D eigenvalue weighted by Gasteiger charge is -2.15. The molecule has 0 atom stereocenters. The molecule has 0 saturated heterocycles. The largest absolute Gasteiger partial charge is 0.487 e. The van der Waals surface area contributed by atoms with Crippen molar-refractivity contribution in [3.05, 3.63) is 42.0 Å². The zero-order valence-electron chi connectivity index (χ0n) is 19.6. The van der Waals surface area contributed by atoms with Gasteiger partial charge in [-0.05, 0) is 24.3 Å². The van der Waals surface area contributed by atoms with Crippen LogP contribution in [0.4, 0.5) is 17.5 Å². The number of nitrogen functional groups attached to an aromatic ring is 1. The lowest BCUT2D eigenvalue weighted by molar-refractivity contribution is 0.132. The van der Waals surface area contributed by atoms with E-state index in [-0.39, 0.29) is 0 Å². The maximum Gasteiger partial charge on any atom is 0.261 e. The molecule has 0 aliphatic carbocycles. The molecule has 0 amide bonds. The summed E-state index contributed by atoms with van der Waals surface area (Å²) in [6.45, 7) is 1.63. The maximum absolute atomic E-state index is 9.19. The van der Waals surface area contributed by atoms with Gasteiger partial charge in [-0.15, -0.1) is 6.42 Å². The van der Waals surface area contributed by atoms with E-state index in [1.54, 1.807) is 26.4 Å². The second-order valence-corrected chi connectivity index (χ2v) is 8.48. The Morgan fingerprint density at radius 1 is 1.03 bits per heavy atom. The van der Waals surface area contributed by atoms with E-state index in [1.165, 1.54) is 0 Å². The van der Waals surface area contributed by atoms with Gasteiger partial charge < -0.3 is 30.0 Å². The van der Waals surface area contributed by atoms with Gasteiger partial charge in [0.15, 0.2) is 11.5 Å². The molecule has 188 valence electrons. The van der Waals surface area contributed by atoms with E-state index in [0.717, 1.165) is 11.3 Å². The SMILES string of the molecule is C#Cc1cccc(Nc2nc(N)c3cc(OCCOC)c(OCCOC)cc3n2)c1.CS(=O)(=O)O. The third-order valence-electron chi connectivity index (χ3n) is 4.17. The van der Waals surface area contributed by atoms with Crippen LogP contribution in [-0.2, 0) is 19.6 Å². The van der Waals surface area contributed by atoms with Gasteiger partial charge in [0.25, 0.3) is 10.1 Å². The minimum Gasteiger partial charge on any atom is -0.487 e. The first-order chi connectivity index (χ1) is 16.6. The van der Waals surface area contributed by atoms with Crippen molar-refractivity contribution in [1.29, 1.82) is 0 Å². The molecule has 0 aliphatic rings. The number of nitrogens with zero attached hydrogens (tertiary/aromatic N) is 2. The molecule has 1 heterocycles. The number of hydrogen-bond donors (Lipinski definition) is 3. The monoisotopic (exact) mass is 504 g/mol. The first-order valence-corrected chi connectivity index (χ1v) is 12.1. The molecule has 1 aromatic heterocycles. The van der Waals surface area contributed by atoms with Crippen LogP contribution in [0.1, 0.15) is 5.56 Å². The molecule has 0 fully saturated rings. The van der Waals surface area contributed by atoms with Crippen LogP contribution in [0.3, 0.4) is 0 Å². The van der Waals surface area contributed by atoms with Crippen molar-refractivity contribution in [2.75, 3.05) is 58.0 Å². The van der Waals surface area contributed by atoms with Crippen LogP contribution in [0.2, 0.25) is 0 Å². The van der Waals surface area contributed by atoms with Crippen molar-refractivity contribution in [2.45, 2.75) is 0 Å². The molecule has 12 heteroatoms. The summed E-state index contributed by atoms with van der Waals surface area (Å²) in [7, 11) is -0.444. The minimum atomic E-state index is -3.67. The molecule has 3 aromatic rings. The molecule has 0 unspecified atom stereocenters. The fourth-order valence-electron chi connectivity index (χ4n) is 2.73. The molecular weight excluding hydrogens is 476 g/mol. The zero-order valence-corrected chi connectivity index (χ0v) is 20.5. The molecule has 0 radical (unpaired) electrons. The van der Waals surface area contributed by atoms with Crippen molar-refractivity contribution >= 4 is 38.5 Å². The van der Waals surface area contributed by atoms with Crippen molar-refractivity contribution in [2.24, 2.45) is 0 Å². The second kappa shape index (κ2) is 13.3. The topological polar surface area (TPSA) is 155 Å². The highest BCUT2D eigenvalue weighted by Gasteiger charge is 2.13.